The van der Waals surface area contributed by atoms with Gasteiger partial charge in [0.25, 0.3) is 5.69 Å². The highest BCUT2D eigenvalue weighted by Gasteiger charge is 2.42. The Morgan fingerprint density at radius 3 is 2.96 bits per heavy atom. The summed E-state index contributed by atoms with van der Waals surface area (Å²) < 4.78 is 1.88. The standard InChI is InChI=1S/C17H20N6O3S/c1-10-2-5-13(23(25)26)8-14(10)18-16(24)9-27-17-19-20-21-22(17)15-7-11-3-4-12(15)6-11/h2,5,8,11-12,15H,3-4,6-7,9H2,1H3,(H,18,24)/t11-,12+,15+/m0/s1. The lowest BCUT2D eigenvalue weighted by Crippen LogP contribution is -2.19. The number of hydrogen-bond acceptors (Lipinski definition) is 7. The van der Waals surface area contributed by atoms with Crippen LogP contribution in [0.3, 0.4) is 0 Å². The summed E-state index contributed by atoms with van der Waals surface area (Å²) in [6.45, 7) is 1.79. The number of tetrazole rings is 1. The molecular formula is C17H20N6O3S. The molecule has 0 saturated heterocycles. The van der Waals surface area contributed by atoms with E-state index in [1.165, 1.54) is 43.2 Å². The molecule has 1 aromatic carbocycles. The summed E-state index contributed by atoms with van der Waals surface area (Å²) in [5.74, 6) is 1.32. The first-order valence-corrected chi connectivity index (χ1v) is 9.95. The second-order valence-corrected chi connectivity index (χ2v) is 8.18. The van der Waals surface area contributed by atoms with E-state index in [9.17, 15) is 14.9 Å². The van der Waals surface area contributed by atoms with Crippen molar-refractivity contribution in [2.45, 2.75) is 43.8 Å². The second kappa shape index (κ2) is 7.26. The van der Waals surface area contributed by atoms with E-state index in [4.69, 9.17) is 0 Å². The van der Waals surface area contributed by atoms with Crippen LogP contribution in [0.15, 0.2) is 23.4 Å². The molecule has 2 aliphatic rings. The number of hydrogen-bond donors (Lipinski definition) is 1. The highest BCUT2D eigenvalue weighted by molar-refractivity contribution is 7.99. The summed E-state index contributed by atoms with van der Waals surface area (Å²) >= 11 is 1.29. The molecule has 2 aliphatic carbocycles. The molecule has 10 heteroatoms. The number of rotatable bonds is 6. The average Bonchev–Trinajstić information content (AvgIpc) is 3.37. The molecule has 4 rings (SSSR count). The molecule has 27 heavy (non-hydrogen) atoms. The first kappa shape index (κ1) is 17.9. The minimum absolute atomic E-state index is 0.0521. The molecule has 0 unspecified atom stereocenters. The van der Waals surface area contributed by atoms with Crippen LogP contribution in [0.25, 0.3) is 0 Å². The van der Waals surface area contributed by atoms with E-state index < -0.39 is 4.92 Å². The molecule has 0 spiro atoms. The van der Waals surface area contributed by atoms with Crippen molar-refractivity contribution >= 4 is 29.0 Å². The summed E-state index contributed by atoms with van der Waals surface area (Å²) in [6, 6.07) is 4.75. The zero-order chi connectivity index (χ0) is 19.0. The number of thioether (sulfide) groups is 1. The molecule has 3 atom stereocenters. The van der Waals surface area contributed by atoms with Gasteiger partial charge >= 0.3 is 0 Å². The summed E-state index contributed by atoms with van der Waals surface area (Å²) in [6.07, 6.45) is 4.89. The number of fused-ring (bicyclic) bond motifs is 2. The van der Waals surface area contributed by atoms with Crippen LogP contribution >= 0.6 is 11.8 Å². The third-order valence-corrected chi connectivity index (χ3v) is 6.45. The molecular weight excluding hydrogens is 368 g/mol. The Morgan fingerprint density at radius 2 is 2.26 bits per heavy atom. The third-order valence-electron chi connectivity index (χ3n) is 5.52. The number of carbonyl (C=O) groups is 1. The largest absolute Gasteiger partial charge is 0.325 e. The molecule has 1 amide bonds. The van der Waals surface area contributed by atoms with E-state index in [2.05, 4.69) is 20.8 Å². The van der Waals surface area contributed by atoms with Crippen LogP contribution < -0.4 is 5.32 Å². The van der Waals surface area contributed by atoms with Crippen LogP contribution in [-0.4, -0.2) is 36.8 Å². The van der Waals surface area contributed by atoms with Crippen molar-refractivity contribution in [3.05, 3.63) is 33.9 Å². The smallest absolute Gasteiger partial charge is 0.271 e. The number of benzene rings is 1. The van der Waals surface area contributed by atoms with E-state index in [0.29, 0.717) is 22.8 Å². The van der Waals surface area contributed by atoms with Gasteiger partial charge in [0.05, 0.1) is 22.4 Å². The van der Waals surface area contributed by atoms with Crippen molar-refractivity contribution in [1.82, 2.24) is 20.2 Å². The SMILES string of the molecule is Cc1ccc([N+](=O)[O-])cc1NC(=O)CSc1nnnn1[C@@H]1C[C@H]2CC[C@@H]1C2. The maximum Gasteiger partial charge on any atom is 0.271 e. The van der Waals surface area contributed by atoms with Gasteiger partial charge in [-0.2, -0.15) is 0 Å². The van der Waals surface area contributed by atoms with Gasteiger partial charge in [0.15, 0.2) is 0 Å². The number of non-ortho nitro benzene ring substituents is 1. The molecule has 0 aliphatic heterocycles. The number of nitrogens with one attached hydrogen (secondary N) is 1. The lowest BCUT2D eigenvalue weighted by molar-refractivity contribution is -0.384. The molecule has 0 radical (unpaired) electrons. The van der Waals surface area contributed by atoms with Gasteiger partial charge in [-0.05, 0) is 54.0 Å². The van der Waals surface area contributed by atoms with Crippen LogP contribution in [-0.2, 0) is 4.79 Å². The Labute approximate surface area is 160 Å². The zero-order valence-corrected chi connectivity index (χ0v) is 15.7. The minimum Gasteiger partial charge on any atom is -0.325 e. The summed E-state index contributed by atoms with van der Waals surface area (Å²) in [5, 5.41) is 26.3. The quantitative estimate of drug-likeness (QED) is 0.459. The van der Waals surface area contributed by atoms with E-state index in [1.807, 2.05) is 4.68 Å². The Hall–Kier alpha value is -2.49. The summed E-state index contributed by atoms with van der Waals surface area (Å²) in [5.41, 5.74) is 1.16. The van der Waals surface area contributed by atoms with E-state index in [0.717, 1.165) is 17.9 Å². The number of aromatic nitrogens is 4. The van der Waals surface area contributed by atoms with E-state index in [1.54, 1.807) is 13.0 Å². The van der Waals surface area contributed by atoms with Crippen molar-refractivity contribution in [2.75, 3.05) is 11.1 Å². The highest BCUT2D eigenvalue weighted by Crippen LogP contribution is 2.50. The van der Waals surface area contributed by atoms with Crippen molar-refractivity contribution in [3.8, 4) is 0 Å². The van der Waals surface area contributed by atoms with Crippen LogP contribution in [0, 0.1) is 28.9 Å². The Bertz CT molecular complexity index is 885. The number of nitro benzene ring substituents is 1. The third kappa shape index (κ3) is 3.66. The number of nitrogens with zero attached hydrogens (tertiary/aromatic N) is 5. The summed E-state index contributed by atoms with van der Waals surface area (Å²) in [4.78, 5) is 22.8. The lowest BCUT2D eigenvalue weighted by atomic mass is 9.96. The Kier molecular flexibility index (Phi) is 4.81. The number of nitro groups is 1. The fourth-order valence-electron chi connectivity index (χ4n) is 4.17. The normalized spacial score (nSPS) is 23.5. The second-order valence-electron chi connectivity index (χ2n) is 7.24. The van der Waals surface area contributed by atoms with Crippen LogP contribution in [0.4, 0.5) is 11.4 Å². The van der Waals surface area contributed by atoms with Gasteiger partial charge in [0.1, 0.15) is 0 Å². The van der Waals surface area contributed by atoms with Crippen molar-refractivity contribution in [1.29, 1.82) is 0 Å². The first-order valence-electron chi connectivity index (χ1n) is 8.97. The molecule has 2 saturated carbocycles. The molecule has 2 fully saturated rings. The molecule has 1 N–H and O–H groups in total. The number of anilines is 1. The predicted octanol–water partition coefficient (Wildman–Crippen LogP) is 2.98. The van der Waals surface area contributed by atoms with E-state index >= 15 is 0 Å². The predicted molar refractivity (Wildman–Crippen MR) is 99.5 cm³/mol. The fourth-order valence-corrected chi connectivity index (χ4v) is 4.90. The number of amides is 1. The highest BCUT2D eigenvalue weighted by atomic mass is 32.2. The monoisotopic (exact) mass is 388 g/mol. The van der Waals surface area contributed by atoms with Gasteiger partial charge in [0, 0.05) is 12.1 Å². The van der Waals surface area contributed by atoms with Crippen molar-refractivity contribution in [3.63, 3.8) is 0 Å². The van der Waals surface area contributed by atoms with Gasteiger partial charge in [-0.3, -0.25) is 14.9 Å². The molecule has 1 heterocycles. The Balaban J connectivity index is 1.39. The maximum absolute atomic E-state index is 12.3. The molecule has 2 bridgehead atoms. The topological polar surface area (TPSA) is 116 Å². The number of aryl methyl sites for hydroxylation is 1. The van der Waals surface area contributed by atoms with Crippen LogP contribution in [0.2, 0.25) is 0 Å². The van der Waals surface area contributed by atoms with Crippen molar-refractivity contribution in [2.24, 2.45) is 11.8 Å². The molecule has 9 nitrogen and oxygen atoms in total. The fraction of sp³-hybridized carbons (Fsp3) is 0.529. The minimum atomic E-state index is -0.479. The van der Waals surface area contributed by atoms with Gasteiger partial charge in [0.2, 0.25) is 11.1 Å². The van der Waals surface area contributed by atoms with Gasteiger partial charge in [-0.25, -0.2) is 4.68 Å². The number of carbonyl (C=O) groups excluding carboxylic acids is 1. The average molecular weight is 388 g/mol. The van der Waals surface area contributed by atoms with Crippen LogP contribution in [0.1, 0.15) is 37.3 Å². The van der Waals surface area contributed by atoms with Gasteiger partial charge < -0.3 is 5.32 Å². The van der Waals surface area contributed by atoms with Gasteiger partial charge in [-0.1, -0.05) is 24.2 Å². The molecule has 142 valence electrons. The molecule has 2 aromatic rings. The van der Waals surface area contributed by atoms with Crippen molar-refractivity contribution < 1.29 is 9.72 Å². The Morgan fingerprint density at radius 1 is 1.41 bits per heavy atom. The first-order chi connectivity index (χ1) is 13.0. The lowest BCUT2D eigenvalue weighted by Gasteiger charge is -2.22. The summed E-state index contributed by atoms with van der Waals surface area (Å²) in [7, 11) is 0. The zero-order valence-electron chi connectivity index (χ0n) is 14.9. The molecule has 1 aromatic heterocycles. The van der Waals surface area contributed by atoms with Gasteiger partial charge in [-0.15, -0.1) is 5.10 Å². The maximum atomic E-state index is 12.3. The van der Waals surface area contributed by atoms with E-state index in [-0.39, 0.29) is 17.3 Å². The van der Waals surface area contributed by atoms with Crippen LogP contribution in [0.5, 0.6) is 0 Å².